The fourth-order valence-corrected chi connectivity index (χ4v) is 6.96. The topological polar surface area (TPSA) is 100 Å². The first-order chi connectivity index (χ1) is 19.1. The zero-order chi connectivity index (χ0) is 27.0. The lowest BCUT2D eigenvalue weighted by Crippen LogP contribution is -2.40. The molecular weight excluding hydrogens is 486 g/mol. The normalized spacial score (nSPS) is 23.7. The van der Waals surface area contributed by atoms with E-state index in [2.05, 4.69) is 38.8 Å². The number of nitrogens with one attached hydrogen (secondary N) is 2. The average molecular weight is 540 g/mol. The average Bonchev–Trinajstić information content (AvgIpc) is 3.62. The number of nitrogens with two attached hydrogens (primary N) is 1. The minimum Gasteiger partial charge on any atom is -0.365 e. The molecule has 9 nitrogen and oxygen atoms in total. The van der Waals surface area contributed by atoms with Crippen LogP contribution in [0.25, 0.3) is 11.2 Å². The van der Waals surface area contributed by atoms with Gasteiger partial charge in [-0.2, -0.15) is 9.97 Å². The summed E-state index contributed by atoms with van der Waals surface area (Å²) < 4.78 is 2.32. The Kier molecular flexibility index (Phi) is 10.3. The molecule has 1 saturated heterocycles. The quantitative estimate of drug-likeness (QED) is 0.327. The minimum atomic E-state index is 0.338. The molecule has 5 rings (SSSR count). The van der Waals surface area contributed by atoms with Gasteiger partial charge < -0.3 is 30.7 Å². The van der Waals surface area contributed by atoms with Crippen LogP contribution in [0, 0.1) is 0 Å². The van der Waals surface area contributed by atoms with Crippen LogP contribution in [-0.2, 0) is 0 Å². The van der Waals surface area contributed by atoms with Crippen molar-refractivity contribution in [2.45, 2.75) is 121 Å². The lowest BCUT2D eigenvalue weighted by molar-refractivity contribution is 0.196. The molecule has 39 heavy (non-hydrogen) atoms. The van der Waals surface area contributed by atoms with E-state index in [9.17, 15) is 0 Å². The second-order valence-electron chi connectivity index (χ2n) is 12.4. The van der Waals surface area contributed by atoms with Gasteiger partial charge in [0.1, 0.15) is 0 Å². The highest BCUT2D eigenvalue weighted by atomic mass is 15.2. The Labute approximate surface area is 235 Å². The number of imidazole rings is 1. The molecule has 2 aromatic rings. The predicted molar refractivity (Wildman–Crippen MR) is 161 cm³/mol. The van der Waals surface area contributed by atoms with Crippen molar-refractivity contribution in [3.8, 4) is 0 Å². The molecule has 2 saturated carbocycles. The molecule has 3 heterocycles. The van der Waals surface area contributed by atoms with Crippen LogP contribution in [-0.4, -0.2) is 86.7 Å². The smallest absolute Gasteiger partial charge is 0.227 e. The second kappa shape index (κ2) is 14.1. The first-order valence-corrected chi connectivity index (χ1v) is 16.1. The van der Waals surface area contributed by atoms with Gasteiger partial charge in [0.25, 0.3) is 0 Å². The van der Waals surface area contributed by atoms with E-state index in [0.717, 1.165) is 74.5 Å². The fraction of sp³-hybridized carbons (Fsp3) is 0.833. The van der Waals surface area contributed by atoms with Gasteiger partial charge in [-0.15, -0.1) is 0 Å². The number of piperidine rings is 1. The monoisotopic (exact) mass is 539 g/mol. The molecule has 2 aromatic heterocycles. The number of fused-ring (bicyclic) bond motifs is 1. The maximum atomic E-state index is 6.17. The third-order valence-corrected chi connectivity index (χ3v) is 9.20. The van der Waals surface area contributed by atoms with E-state index in [-0.39, 0.29) is 0 Å². The zero-order valence-electron chi connectivity index (χ0n) is 24.6. The molecule has 9 heteroatoms. The summed E-state index contributed by atoms with van der Waals surface area (Å²) in [6.45, 7) is 11.8. The van der Waals surface area contributed by atoms with Gasteiger partial charge in [-0.3, -0.25) is 0 Å². The summed E-state index contributed by atoms with van der Waals surface area (Å²) in [5.74, 6) is 1.64. The summed E-state index contributed by atoms with van der Waals surface area (Å²) in [7, 11) is 0. The maximum Gasteiger partial charge on any atom is 0.227 e. The standard InChI is InChI=1S/C30H53N9/c1-3-16-37(17-4-2)18-7-19-38-20-14-25(15-21-38)34-30-35-28(33-24-12-10-23(31)11-13-24)27-29(36-30)39(22-32-27)26-8-5-6-9-26/h22-26H,3-21,31H2,1-2H3,(H2,33,34,35,36). The Morgan fingerprint density at radius 3 is 2.26 bits per heavy atom. The molecule has 3 fully saturated rings. The van der Waals surface area contributed by atoms with E-state index in [0.29, 0.717) is 24.2 Å². The van der Waals surface area contributed by atoms with Crippen LogP contribution >= 0.6 is 0 Å². The molecule has 0 radical (unpaired) electrons. The van der Waals surface area contributed by atoms with Gasteiger partial charge in [-0.1, -0.05) is 26.7 Å². The Morgan fingerprint density at radius 1 is 0.872 bits per heavy atom. The number of likely N-dealkylation sites (tertiary alicyclic amines) is 1. The van der Waals surface area contributed by atoms with Crippen molar-refractivity contribution >= 4 is 22.9 Å². The van der Waals surface area contributed by atoms with Crippen LogP contribution in [0.15, 0.2) is 6.33 Å². The third-order valence-electron chi connectivity index (χ3n) is 9.20. The van der Waals surface area contributed by atoms with Gasteiger partial charge in [-0.05, 0) is 96.8 Å². The van der Waals surface area contributed by atoms with Crippen molar-refractivity contribution in [1.29, 1.82) is 0 Å². The number of nitrogens with zero attached hydrogens (tertiary/aromatic N) is 6. The number of anilines is 2. The molecule has 218 valence electrons. The molecule has 0 aromatic carbocycles. The van der Waals surface area contributed by atoms with Crippen molar-refractivity contribution in [1.82, 2.24) is 29.3 Å². The Balaban J connectivity index is 1.21. The number of aromatic nitrogens is 4. The Hall–Kier alpha value is -1.97. The van der Waals surface area contributed by atoms with Crippen molar-refractivity contribution in [3.05, 3.63) is 6.33 Å². The van der Waals surface area contributed by atoms with Gasteiger partial charge in [0.2, 0.25) is 5.95 Å². The van der Waals surface area contributed by atoms with E-state index in [1.807, 2.05) is 6.33 Å². The number of hydrogen-bond acceptors (Lipinski definition) is 8. The van der Waals surface area contributed by atoms with Crippen molar-refractivity contribution in [3.63, 3.8) is 0 Å². The zero-order valence-corrected chi connectivity index (χ0v) is 24.6. The molecule has 0 spiro atoms. The summed E-state index contributed by atoms with van der Waals surface area (Å²) in [5.41, 5.74) is 8.07. The molecule has 2 aliphatic carbocycles. The molecular formula is C30H53N9. The molecule has 4 N–H and O–H groups in total. The van der Waals surface area contributed by atoms with Crippen molar-refractivity contribution in [2.24, 2.45) is 5.73 Å². The van der Waals surface area contributed by atoms with Crippen LogP contribution in [0.3, 0.4) is 0 Å². The Bertz CT molecular complexity index is 995. The highest BCUT2D eigenvalue weighted by molar-refractivity contribution is 5.84. The van der Waals surface area contributed by atoms with Gasteiger partial charge in [0.15, 0.2) is 17.0 Å². The highest BCUT2D eigenvalue weighted by Crippen LogP contribution is 2.34. The number of rotatable bonds is 13. The van der Waals surface area contributed by atoms with Crippen LogP contribution in [0.1, 0.15) is 103 Å². The number of hydrogen-bond donors (Lipinski definition) is 3. The van der Waals surface area contributed by atoms with Crippen molar-refractivity contribution in [2.75, 3.05) is 49.9 Å². The minimum absolute atomic E-state index is 0.338. The molecule has 0 atom stereocenters. The maximum absolute atomic E-state index is 6.17. The lowest BCUT2D eigenvalue weighted by Gasteiger charge is -2.33. The Morgan fingerprint density at radius 2 is 1.56 bits per heavy atom. The molecule has 0 unspecified atom stereocenters. The van der Waals surface area contributed by atoms with Gasteiger partial charge in [0.05, 0.1) is 6.33 Å². The third kappa shape index (κ3) is 7.61. The molecule has 0 amide bonds. The molecule has 3 aliphatic rings. The molecule has 0 bridgehead atoms. The first kappa shape index (κ1) is 28.6. The largest absolute Gasteiger partial charge is 0.365 e. The van der Waals surface area contributed by atoms with Crippen LogP contribution in [0.2, 0.25) is 0 Å². The van der Waals surface area contributed by atoms with E-state index in [4.69, 9.17) is 20.7 Å². The molecule has 1 aliphatic heterocycles. The lowest BCUT2D eigenvalue weighted by atomic mass is 9.92. The summed E-state index contributed by atoms with van der Waals surface area (Å²) >= 11 is 0. The van der Waals surface area contributed by atoms with Crippen LogP contribution < -0.4 is 16.4 Å². The van der Waals surface area contributed by atoms with E-state index < -0.39 is 0 Å². The van der Waals surface area contributed by atoms with E-state index in [1.165, 1.54) is 71.1 Å². The highest BCUT2D eigenvalue weighted by Gasteiger charge is 2.26. The summed E-state index contributed by atoms with van der Waals surface area (Å²) in [5, 5.41) is 7.48. The SMILES string of the molecule is CCCN(CCC)CCCN1CCC(Nc2nc(NC3CCC(N)CC3)c3ncn(C4CCCC4)c3n2)CC1. The van der Waals surface area contributed by atoms with Gasteiger partial charge in [-0.25, -0.2) is 4.98 Å². The second-order valence-corrected chi connectivity index (χ2v) is 12.4. The summed E-state index contributed by atoms with van der Waals surface area (Å²) in [6.07, 6.45) is 17.4. The van der Waals surface area contributed by atoms with Crippen molar-refractivity contribution < 1.29 is 0 Å². The van der Waals surface area contributed by atoms with E-state index in [1.54, 1.807) is 0 Å². The van der Waals surface area contributed by atoms with Crippen LogP contribution in [0.5, 0.6) is 0 Å². The first-order valence-electron chi connectivity index (χ1n) is 16.1. The van der Waals surface area contributed by atoms with Gasteiger partial charge >= 0.3 is 0 Å². The predicted octanol–water partition coefficient (Wildman–Crippen LogP) is 5.01. The van der Waals surface area contributed by atoms with Gasteiger partial charge in [0, 0.05) is 37.3 Å². The summed E-state index contributed by atoms with van der Waals surface area (Å²) in [4.78, 5) is 20.2. The van der Waals surface area contributed by atoms with Crippen LogP contribution in [0.4, 0.5) is 11.8 Å². The van der Waals surface area contributed by atoms with E-state index >= 15 is 0 Å². The fourth-order valence-electron chi connectivity index (χ4n) is 6.96. The summed E-state index contributed by atoms with van der Waals surface area (Å²) in [6, 6.07) is 1.66.